The SMILES string of the molecule is C[C@H](O)CSc1nccn1C. The van der Waals surface area contributed by atoms with E-state index in [0.717, 1.165) is 5.16 Å². The molecule has 11 heavy (non-hydrogen) atoms. The number of thioether (sulfide) groups is 1. The molecule has 0 amide bonds. The van der Waals surface area contributed by atoms with Crippen molar-refractivity contribution in [3.8, 4) is 0 Å². The van der Waals surface area contributed by atoms with Gasteiger partial charge < -0.3 is 9.67 Å². The topological polar surface area (TPSA) is 38.1 Å². The smallest absolute Gasteiger partial charge is 0.167 e. The molecule has 1 atom stereocenters. The molecule has 0 aliphatic heterocycles. The summed E-state index contributed by atoms with van der Waals surface area (Å²) in [5.74, 6) is 0.699. The van der Waals surface area contributed by atoms with Crippen molar-refractivity contribution in [2.24, 2.45) is 7.05 Å². The number of aryl methyl sites for hydroxylation is 1. The van der Waals surface area contributed by atoms with E-state index in [9.17, 15) is 0 Å². The number of hydrogen-bond acceptors (Lipinski definition) is 3. The van der Waals surface area contributed by atoms with Crippen LogP contribution in [0.5, 0.6) is 0 Å². The summed E-state index contributed by atoms with van der Waals surface area (Å²) >= 11 is 1.56. The summed E-state index contributed by atoms with van der Waals surface area (Å²) in [6.07, 6.45) is 3.38. The molecule has 0 saturated carbocycles. The van der Waals surface area contributed by atoms with E-state index in [0.29, 0.717) is 5.75 Å². The quantitative estimate of drug-likeness (QED) is 0.688. The summed E-state index contributed by atoms with van der Waals surface area (Å²) in [6, 6.07) is 0. The van der Waals surface area contributed by atoms with Crippen molar-refractivity contribution in [3.05, 3.63) is 12.4 Å². The Kier molecular flexibility index (Phi) is 2.96. The normalized spacial score (nSPS) is 13.4. The summed E-state index contributed by atoms with van der Waals surface area (Å²) in [4.78, 5) is 4.10. The highest BCUT2D eigenvalue weighted by atomic mass is 32.2. The fraction of sp³-hybridized carbons (Fsp3) is 0.571. The van der Waals surface area contributed by atoms with Crippen LogP contribution in [0, 0.1) is 0 Å². The van der Waals surface area contributed by atoms with Gasteiger partial charge in [-0.05, 0) is 6.92 Å². The molecule has 0 unspecified atom stereocenters. The highest BCUT2D eigenvalue weighted by Crippen LogP contribution is 2.14. The first-order chi connectivity index (χ1) is 5.20. The van der Waals surface area contributed by atoms with Crippen LogP contribution in [0.3, 0.4) is 0 Å². The second-order valence-electron chi connectivity index (χ2n) is 2.48. The molecule has 0 saturated heterocycles. The zero-order chi connectivity index (χ0) is 8.27. The average molecular weight is 172 g/mol. The molecule has 1 N–H and O–H groups in total. The van der Waals surface area contributed by atoms with Gasteiger partial charge in [-0.15, -0.1) is 0 Å². The molecule has 0 aliphatic rings. The number of aliphatic hydroxyl groups is 1. The van der Waals surface area contributed by atoms with E-state index in [-0.39, 0.29) is 6.10 Å². The van der Waals surface area contributed by atoms with Crippen molar-refractivity contribution < 1.29 is 5.11 Å². The fourth-order valence-electron chi connectivity index (χ4n) is 0.686. The van der Waals surface area contributed by atoms with E-state index >= 15 is 0 Å². The van der Waals surface area contributed by atoms with E-state index < -0.39 is 0 Å². The van der Waals surface area contributed by atoms with Gasteiger partial charge in [-0.1, -0.05) is 11.8 Å². The van der Waals surface area contributed by atoms with Crippen LogP contribution >= 0.6 is 11.8 Å². The molecular weight excluding hydrogens is 160 g/mol. The average Bonchev–Trinajstić information content (AvgIpc) is 2.31. The van der Waals surface area contributed by atoms with Gasteiger partial charge in [0.15, 0.2) is 5.16 Å². The fourth-order valence-corrected chi connectivity index (χ4v) is 1.48. The molecule has 0 aromatic carbocycles. The Hall–Kier alpha value is -0.480. The maximum absolute atomic E-state index is 8.98. The first kappa shape index (κ1) is 8.62. The number of imidazole rings is 1. The van der Waals surface area contributed by atoms with Gasteiger partial charge in [0.1, 0.15) is 0 Å². The largest absolute Gasteiger partial charge is 0.393 e. The Balaban J connectivity index is 2.44. The molecule has 0 spiro atoms. The van der Waals surface area contributed by atoms with Crippen LogP contribution in [0.2, 0.25) is 0 Å². The summed E-state index contributed by atoms with van der Waals surface area (Å²) in [6.45, 7) is 1.77. The number of nitrogens with zero attached hydrogens (tertiary/aromatic N) is 2. The van der Waals surface area contributed by atoms with E-state index in [2.05, 4.69) is 4.98 Å². The third kappa shape index (κ3) is 2.55. The Morgan fingerprint density at radius 2 is 2.55 bits per heavy atom. The third-order valence-corrected chi connectivity index (χ3v) is 2.53. The standard InChI is InChI=1S/C7H12N2OS/c1-6(10)5-11-7-8-3-4-9(7)2/h3-4,6,10H,5H2,1-2H3/t6-/m0/s1. The molecular formula is C7H12N2OS. The monoisotopic (exact) mass is 172 g/mol. The van der Waals surface area contributed by atoms with Crippen molar-refractivity contribution in [3.63, 3.8) is 0 Å². The highest BCUT2D eigenvalue weighted by molar-refractivity contribution is 7.99. The van der Waals surface area contributed by atoms with Gasteiger partial charge in [-0.25, -0.2) is 4.98 Å². The second kappa shape index (κ2) is 3.78. The van der Waals surface area contributed by atoms with E-state index in [1.165, 1.54) is 0 Å². The van der Waals surface area contributed by atoms with Crippen molar-refractivity contribution in [2.45, 2.75) is 18.2 Å². The Bertz CT molecular complexity index is 222. The molecule has 62 valence electrons. The van der Waals surface area contributed by atoms with Crippen molar-refractivity contribution in [1.29, 1.82) is 0 Å². The molecule has 0 aliphatic carbocycles. The Morgan fingerprint density at radius 1 is 1.82 bits per heavy atom. The van der Waals surface area contributed by atoms with Crippen molar-refractivity contribution in [1.82, 2.24) is 9.55 Å². The van der Waals surface area contributed by atoms with Gasteiger partial charge in [0.05, 0.1) is 6.10 Å². The summed E-state index contributed by atoms with van der Waals surface area (Å²) in [5.41, 5.74) is 0. The maximum atomic E-state index is 8.98. The summed E-state index contributed by atoms with van der Waals surface area (Å²) in [5, 5.41) is 9.93. The molecule has 1 aromatic rings. The van der Waals surface area contributed by atoms with Crippen LogP contribution < -0.4 is 0 Å². The molecule has 1 rings (SSSR count). The molecule has 3 nitrogen and oxygen atoms in total. The Morgan fingerprint density at radius 3 is 3.00 bits per heavy atom. The van der Waals surface area contributed by atoms with E-state index in [1.807, 2.05) is 17.8 Å². The van der Waals surface area contributed by atoms with Crippen molar-refractivity contribution in [2.75, 3.05) is 5.75 Å². The minimum absolute atomic E-state index is 0.267. The van der Waals surface area contributed by atoms with Crippen LogP contribution in [0.1, 0.15) is 6.92 Å². The van der Waals surface area contributed by atoms with Crippen LogP contribution in [0.15, 0.2) is 17.6 Å². The molecule has 0 radical (unpaired) electrons. The summed E-state index contributed by atoms with van der Waals surface area (Å²) in [7, 11) is 1.94. The lowest BCUT2D eigenvalue weighted by Crippen LogP contribution is -2.03. The zero-order valence-corrected chi connectivity index (χ0v) is 7.51. The molecule has 0 fully saturated rings. The maximum Gasteiger partial charge on any atom is 0.167 e. The minimum Gasteiger partial charge on any atom is -0.393 e. The lowest BCUT2D eigenvalue weighted by Gasteiger charge is -2.02. The zero-order valence-electron chi connectivity index (χ0n) is 6.69. The lowest BCUT2D eigenvalue weighted by atomic mass is 10.5. The first-order valence-electron chi connectivity index (χ1n) is 3.48. The molecule has 0 bridgehead atoms. The van der Waals surface area contributed by atoms with Gasteiger partial charge in [-0.3, -0.25) is 0 Å². The van der Waals surface area contributed by atoms with Gasteiger partial charge in [-0.2, -0.15) is 0 Å². The van der Waals surface area contributed by atoms with Crippen LogP contribution in [0.25, 0.3) is 0 Å². The summed E-state index contributed by atoms with van der Waals surface area (Å²) < 4.78 is 1.94. The van der Waals surface area contributed by atoms with Crippen LogP contribution in [-0.4, -0.2) is 26.5 Å². The molecule has 4 heteroatoms. The predicted octanol–water partition coefficient (Wildman–Crippen LogP) is 0.893. The number of aliphatic hydroxyl groups excluding tert-OH is 1. The highest BCUT2D eigenvalue weighted by Gasteiger charge is 2.01. The predicted molar refractivity (Wildman–Crippen MR) is 45.6 cm³/mol. The first-order valence-corrected chi connectivity index (χ1v) is 4.47. The number of rotatable bonds is 3. The van der Waals surface area contributed by atoms with Gasteiger partial charge >= 0.3 is 0 Å². The van der Waals surface area contributed by atoms with E-state index in [4.69, 9.17) is 5.11 Å². The van der Waals surface area contributed by atoms with Crippen molar-refractivity contribution >= 4 is 11.8 Å². The minimum atomic E-state index is -0.267. The van der Waals surface area contributed by atoms with Gasteiger partial charge in [0.25, 0.3) is 0 Å². The number of aromatic nitrogens is 2. The van der Waals surface area contributed by atoms with Crippen LogP contribution in [-0.2, 0) is 7.05 Å². The van der Waals surface area contributed by atoms with Gasteiger partial charge in [0.2, 0.25) is 0 Å². The third-order valence-electron chi connectivity index (χ3n) is 1.23. The second-order valence-corrected chi connectivity index (χ2v) is 3.47. The number of hydrogen-bond donors (Lipinski definition) is 1. The molecule has 1 heterocycles. The Labute approximate surface area is 70.4 Å². The van der Waals surface area contributed by atoms with Gasteiger partial charge in [0, 0.05) is 25.2 Å². The lowest BCUT2D eigenvalue weighted by molar-refractivity contribution is 0.220. The van der Waals surface area contributed by atoms with E-state index in [1.54, 1.807) is 24.9 Å². The molecule has 1 aromatic heterocycles. The van der Waals surface area contributed by atoms with Crippen LogP contribution in [0.4, 0.5) is 0 Å².